The normalized spacial score (nSPS) is 23.3. The standard InChI is InChI=1S/C17H19N3O2S/c1-2-15-16(22-11-21-15)14-10-13(9-12(1)14)19-4-6-20(7-5-19)17-18-3-8-23-17/h1-3,8,13H,4-7,9-11H2. The van der Waals surface area contributed by atoms with Crippen LogP contribution in [0.4, 0.5) is 5.13 Å². The van der Waals surface area contributed by atoms with E-state index in [0.29, 0.717) is 12.8 Å². The Morgan fingerprint density at radius 1 is 1.09 bits per heavy atom. The largest absolute Gasteiger partial charge is 0.454 e. The molecular formula is C17H19N3O2S. The highest BCUT2D eigenvalue weighted by Crippen LogP contribution is 2.42. The molecule has 0 amide bonds. The smallest absolute Gasteiger partial charge is 0.231 e. The molecule has 1 atom stereocenters. The summed E-state index contributed by atoms with van der Waals surface area (Å²) in [5.41, 5.74) is 2.80. The van der Waals surface area contributed by atoms with Crippen molar-refractivity contribution in [1.82, 2.24) is 9.88 Å². The number of hydrogen-bond donors (Lipinski definition) is 0. The van der Waals surface area contributed by atoms with Crippen LogP contribution in [0.1, 0.15) is 11.1 Å². The number of nitrogens with zero attached hydrogens (tertiary/aromatic N) is 3. The Labute approximate surface area is 139 Å². The van der Waals surface area contributed by atoms with Crippen molar-refractivity contribution < 1.29 is 9.47 Å². The number of thiazole rings is 1. The fraction of sp³-hybridized carbons (Fsp3) is 0.471. The Balaban J connectivity index is 1.28. The SMILES string of the molecule is c1csc(N2CCN(C3Cc4ccc5c(c4C3)OCO5)CC2)n1. The number of aromatic nitrogens is 1. The highest BCUT2D eigenvalue weighted by atomic mass is 32.1. The monoisotopic (exact) mass is 329 g/mol. The van der Waals surface area contributed by atoms with Crippen molar-refractivity contribution in [2.24, 2.45) is 0 Å². The van der Waals surface area contributed by atoms with Gasteiger partial charge in [0.2, 0.25) is 6.79 Å². The second-order valence-corrected chi connectivity index (χ2v) is 7.21. The average Bonchev–Trinajstić information content (AvgIpc) is 3.32. The summed E-state index contributed by atoms with van der Waals surface area (Å²) in [5, 5.41) is 3.21. The molecule has 2 aromatic rings. The molecule has 120 valence electrons. The van der Waals surface area contributed by atoms with Crippen LogP contribution in [0.5, 0.6) is 11.5 Å². The molecule has 1 aromatic heterocycles. The number of benzene rings is 1. The maximum Gasteiger partial charge on any atom is 0.231 e. The minimum atomic E-state index is 0.364. The highest BCUT2D eigenvalue weighted by Gasteiger charge is 2.33. The molecule has 1 saturated heterocycles. The van der Waals surface area contributed by atoms with Crippen LogP contribution >= 0.6 is 11.3 Å². The summed E-state index contributed by atoms with van der Waals surface area (Å²) >= 11 is 1.73. The fourth-order valence-corrected chi connectivity index (χ4v) is 4.65. The first-order valence-corrected chi connectivity index (χ1v) is 9.05. The number of anilines is 1. The van der Waals surface area contributed by atoms with Gasteiger partial charge < -0.3 is 14.4 Å². The molecule has 1 fully saturated rings. The lowest BCUT2D eigenvalue weighted by molar-refractivity contribution is 0.171. The first-order valence-electron chi connectivity index (χ1n) is 8.17. The number of piperazine rings is 1. The van der Waals surface area contributed by atoms with Crippen molar-refractivity contribution in [3.8, 4) is 11.5 Å². The van der Waals surface area contributed by atoms with E-state index < -0.39 is 0 Å². The molecule has 1 unspecified atom stereocenters. The molecule has 5 rings (SSSR count). The molecule has 0 radical (unpaired) electrons. The van der Waals surface area contributed by atoms with Crippen LogP contribution in [0.15, 0.2) is 23.7 Å². The Kier molecular flexibility index (Phi) is 3.19. The van der Waals surface area contributed by atoms with Crippen LogP contribution in [0.2, 0.25) is 0 Å². The molecule has 0 spiro atoms. The molecular weight excluding hydrogens is 310 g/mol. The maximum absolute atomic E-state index is 5.69. The van der Waals surface area contributed by atoms with Crippen LogP contribution in [0.3, 0.4) is 0 Å². The van der Waals surface area contributed by atoms with Gasteiger partial charge in [0.25, 0.3) is 0 Å². The zero-order chi connectivity index (χ0) is 15.2. The number of rotatable bonds is 2. The number of hydrogen-bond acceptors (Lipinski definition) is 6. The molecule has 3 heterocycles. The lowest BCUT2D eigenvalue weighted by Crippen LogP contribution is -2.50. The van der Waals surface area contributed by atoms with Crippen LogP contribution in [-0.2, 0) is 12.8 Å². The molecule has 1 aliphatic carbocycles. The van der Waals surface area contributed by atoms with E-state index in [1.807, 2.05) is 6.20 Å². The summed E-state index contributed by atoms with van der Waals surface area (Å²) in [4.78, 5) is 9.46. The van der Waals surface area contributed by atoms with Gasteiger partial charge in [-0.3, -0.25) is 4.90 Å². The van der Waals surface area contributed by atoms with Gasteiger partial charge >= 0.3 is 0 Å². The zero-order valence-electron chi connectivity index (χ0n) is 12.9. The molecule has 1 aromatic carbocycles. The molecule has 2 aliphatic heterocycles. The van der Waals surface area contributed by atoms with Crippen LogP contribution in [0.25, 0.3) is 0 Å². The van der Waals surface area contributed by atoms with Gasteiger partial charge in [-0.1, -0.05) is 6.07 Å². The summed E-state index contributed by atoms with van der Waals surface area (Å²) in [6.07, 6.45) is 4.10. The maximum atomic E-state index is 5.69. The van der Waals surface area contributed by atoms with Gasteiger partial charge in [-0.05, 0) is 24.5 Å². The highest BCUT2D eigenvalue weighted by molar-refractivity contribution is 7.13. The van der Waals surface area contributed by atoms with Gasteiger partial charge in [0.1, 0.15) is 0 Å². The van der Waals surface area contributed by atoms with Gasteiger partial charge in [0.15, 0.2) is 16.6 Å². The summed E-state index contributed by atoms with van der Waals surface area (Å²) in [7, 11) is 0. The minimum absolute atomic E-state index is 0.364. The molecule has 6 heteroatoms. The predicted octanol–water partition coefficient (Wildman–Crippen LogP) is 2.16. The second kappa shape index (κ2) is 5.39. The van der Waals surface area contributed by atoms with Gasteiger partial charge in [0, 0.05) is 49.4 Å². The first-order chi connectivity index (χ1) is 11.4. The van der Waals surface area contributed by atoms with Crippen molar-refractivity contribution in [2.45, 2.75) is 18.9 Å². The fourth-order valence-electron chi connectivity index (χ4n) is 3.96. The van der Waals surface area contributed by atoms with Crippen LogP contribution < -0.4 is 14.4 Å². The van der Waals surface area contributed by atoms with E-state index in [1.165, 1.54) is 11.1 Å². The average molecular weight is 329 g/mol. The van der Waals surface area contributed by atoms with Crippen molar-refractivity contribution in [3.05, 3.63) is 34.8 Å². The van der Waals surface area contributed by atoms with Crippen molar-refractivity contribution in [3.63, 3.8) is 0 Å². The van der Waals surface area contributed by atoms with E-state index >= 15 is 0 Å². The molecule has 23 heavy (non-hydrogen) atoms. The van der Waals surface area contributed by atoms with Crippen molar-refractivity contribution in [1.29, 1.82) is 0 Å². The van der Waals surface area contributed by atoms with Gasteiger partial charge in [-0.15, -0.1) is 11.3 Å². The second-order valence-electron chi connectivity index (χ2n) is 6.34. The Morgan fingerprint density at radius 2 is 2.00 bits per heavy atom. The van der Waals surface area contributed by atoms with E-state index in [9.17, 15) is 0 Å². The third-order valence-corrected chi connectivity index (χ3v) is 5.99. The van der Waals surface area contributed by atoms with Gasteiger partial charge in [-0.25, -0.2) is 4.98 Å². The lowest BCUT2D eigenvalue weighted by atomic mass is 10.1. The number of ether oxygens (including phenoxy) is 2. The molecule has 0 N–H and O–H groups in total. The third kappa shape index (κ3) is 2.28. The quantitative estimate of drug-likeness (QED) is 0.844. The predicted molar refractivity (Wildman–Crippen MR) is 89.7 cm³/mol. The minimum Gasteiger partial charge on any atom is -0.454 e. The molecule has 0 saturated carbocycles. The topological polar surface area (TPSA) is 37.8 Å². The van der Waals surface area contributed by atoms with E-state index in [4.69, 9.17) is 9.47 Å². The van der Waals surface area contributed by atoms with E-state index in [-0.39, 0.29) is 0 Å². The third-order valence-electron chi connectivity index (χ3n) is 5.15. The lowest BCUT2D eigenvalue weighted by Gasteiger charge is -2.37. The van der Waals surface area contributed by atoms with Crippen LogP contribution in [0, 0.1) is 0 Å². The zero-order valence-corrected chi connectivity index (χ0v) is 13.7. The molecule has 5 nitrogen and oxygen atoms in total. The summed E-state index contributed by atoms with van der Waals surface area (Å²) < 4.78 is 11.2. The first kappa shape index (κ1) is 13.6. The Morgan fingerprint density at radius 3 is 2.83 bits per heavy atom. The van der Waals surface area contributed by atoms with E-state index in [2.05, 4.69) is 32.3 Å². The molecule has 0 bridgehead atoms. The summed E-state index contributed by atoms with van der Waals surface area (Å²) in [6.45, 7) is 4.72. The Bertz CT molecular complexity index is 711. The van der Waals surface area contributed by atoms with E-state index in [1.54, 1.807) is 11.3 Å². The van der Waals surface area contributed by atoms with Crippen LogP contribution in [-0.4, -0.2) is 48.9 Å². The van der Waals surface area contributed by atoms with Gasteiger partial charge in [0.05, 0.1) is 0 Å². The van der Waals surface area contributed by atoms with E-state index in [0.717, 1.165) is 55.7 Å². The van der Waals surface area contributed by atoms with Crippen molar-refractivity contribution >= 4 is 16.5 Å². The summed E-state index contributed by atoms with van der Waals surface area (Å²) in [6, 6.07) is 4.87. The van der Waals surface area contributed by atoms with Gasteiger partial charge in [-0.2, -0.15) is 0 Å². The molecule has 3 aliphatic rings. The summed E-state index contributed by atoms with van der Waals surface area (Å²) in [5.74, 6) is 1.91. The Hall–Kier alpha value is -1.79. The number of fused-ring (bicyclic) bond motifs is 3. The van der Waals surface area contributed by atoms with Crippen molar-refractivity contribution in [2.75, 3.05) is 37.9 Å².